The summed E-state index contributed by atoms with van der Waals surface area (Å²) in [5.41, 5.74) is 0.0976. The standard InChI is InChI=1S/C12H11BrN2O5/c1-7(16)10-4-8(13)5-11(15(17)18)12(10)19-6-9-2-3-14-20-9/h2-5,7,16H,6H2,1H3. The lowest BCUT2D eigenvalue weighted by Crippen LogP contribution is -2.04. The number of rotatable bonds is 5. The molecule has 8 heteroatoms. The summed E-state index contributed by atoms with van der Waals surface area (Å²) in [5.74, 6) is 0.448. The molecule has 0 saturated carbocycles. The smallest absolute Gasteiger partial charge is 0.312 e. The number of nitro benzene ring substituents is 1. The number of halogens is 1. The molecule has 20 heavy (non-hydrogen) atoms. The van der Waals surface area contributed by atoms with Gasteiger partial charge >= 0.3 is 5.69 Å². The van der Waals surface area contributed by atoms with Gasteiger partial charge in [0.05, 0.1) is 17.2 Å². The summed E-state index contributed by atoms with van der Waals surface area (Å²) in [6, 6.07) is 4.49. The molecule has 1 aromatic carbocycles. The third-order valence-electron chi connectivity index (χ3n) is 2.56. The molecule has 0 aliphatic rings. The molecular weight excluding hydrogens is 332 g/mol. The largest absolute Gasteiger partial charge is 0.478 e. The molecule has 1 heterocycles. The van der Waals surface area contributed by atoms with Crippen LogP contribution in [0.25, 0.3) is 0 Å². The summed E-state index contributed by atoms with van der Waals surface area (Å²) in [6.07, 6.45) is 0.542. The summed E-state index contributed by atoms with van der Waals surface area (Å²) in [5, 5.41) is 24.3. The van der Waals surface area contributed by atoms with Crippen LogP contribution in [0, 0.1) is 10.1 Å². The highest BCUT2D eigenvalue weighted by Crippen LogP contribution is 2.38. The highest BCUT2D eigenvalue weighted by Gasteiger charge is 2.23. The molecule has 0 fully saturated rings. The minimum absolute atomic E-state index is 0.0117. The molecule has 1 N–H and O–H groups in total. The highest BCUT2D eigenvalue weighted by atomic mass is 79.9. The topological polar surface area (TPSA) is 98.6 Å². The summed E-state index contributed by atoms with van der Waals surface area (Å²) in [4.78, 5) is 10.5. The van der Waals surface area contributed by atoms with E-state index in [1.807, 2.05) is 0 Å². The maximum Gasteiger partial charge on any atom is 0.312 e. The number of aliphatic hydroxyl groups is 1. The number of aliphatic hydroxyl groups excluding tert-OH is 1. The van der Waals surface area contributed by atoms with Crippen molar-refractivity contribution in [3.63, 3.8) is 0 Å². The van der Waals surface area contributed by atoms with Crippen LogP contribution in [-0.4, -0.2) is 15.2 Å². The van der Waals surface area contributed by atoms with Crippen LogP contribution in [0.1, 0.15) is 24.4 Å². The lowest BCUT2D eigenvalue weighted by atomic mass is 10.1. The number of hydrogen-bond donors (Lipinski definition) is 1. The fourth-order valence-corrected chi connectivity index (χ4v) is 2.13. The van der Waals surface area contributed by atoms with E-state index in [0.29, 0.717) is 15.8 Å². The minimum Gasteiger partial charge on any atom is -0.478 e. The summed E-state index contributed by atoms with van der Waals surface area (Å²) in [6.45, 7) is 1.50. The summed E-state index contributed by atoms with van der Waals surface area (Å²) in [7, 11) is 0. The Morgan fingerprint density at radius 1 is 1.60 bits per heavy atom. The number of ether oxygens (including phenoxy) is 1. The van der Waals surface area contributed by atoms with E-state index in [2.05, 4.69) is 21.1 Å². The van der Waals surface area contributed by atoms with Crippen LogP contribution in [0.3, 0.4) is 0 Å². The molecule has 0 aliphatic heterocycles. The molecule has 0 amide bonds. The number of nitro groups is 1. The van der Waals surface area contributed by atoms with E-state index in [1.165, 1.54) is 19.2 Å². The van der Waals surface area contributed by atoms with Crippen molar-refractivity contribution < 1.29 is 19.3 Å². The van der Waals surface area contributed by atoms with Gasteiger partial charge < -0.3 is 14.4 Å². The van der Waals surface area contributed by atoms with Gasteiger partial charge in [-0.2, -0.15) is 0 Å². The highest BCUT2D eigenvalue weighted by molar-refractivity contribution is 9.10. The van der Waals surface area contributed by atoms with E-state index >= 15 is 0 Å². The Morgan fingerprint density at radius 3 is 2.90 bits per heavy atom. The van der Waals surface area contributed by atoms with Crippen molar-refractivity contribution in [2.45, 2.75) is 19.6 Å². The van der Waals surface area contributed by atoms with Crippen LogP contribution in [0.15, 0.2) is 33.4 Å². The zero-order chi connectivity index (χ0) is 14.7. The fourth-order valence-electron chi connectivity index (χ4n) is 1.66. The Bertz CT molecular complexity index is 613. The first-order valence-electron chi connectivity index (χ1n) is 5.67. The first-order chi connectivity index (χ1) is 9.49. The molecule has 0 radical (unpaired) electrons. The molecule has 0 aliphatic carbocycles. The first-order valence-corrected chi connectivity index (χ1v) is 6.46. The van der Waals surface area contributed by atoms with Crippen molar-refractivity contribution in [2.75, 3.05) is 0 Å². The molecule has 1 unspecified atom stereocenters. The Balaban J connectivity index is 2.39. The molecule has 2 rings (SSSR count). The number of nitrogens with zero attached hydrogens (tertiary/aromatic N) is 2. The second kappa shape index (κ2) is 6.02. The van der Waals surface area contributed by atoms with Gasteiger partial charge in [0, 0.05) is 22.2 Å². The zero-order valence-electron chi connectivity index (χ0n) is 10.4. The Labute approximate surface area is 122 Å². The summed E-state index contributed by atoms with van der Waals surface area (Å²) >= 11 is 3.17. The maximum absolute atomic E-state index is 11.1. The van der Waals surface area contributed by atoms with Crippen LogP contribution in [0.5, 0.6) is 5.75 Å². The van der Waals surface area contributed by atoms with Crippen molar-refractivity contribution in [2.24, 2.45) is 0 Å². The lowest BCUT2D eigenvalue weighted by Gasteiger charge is -2.13. The Hall–Kier alpha value is -1.93. The van der Waals surface area contributed by atoms with Gasteiger partial charge in [0.1, 0.15) is 6.61 Å². The van der Waals surface area contributed by atoms with Crippen LogP contribution in [-0.2, 0) is 6.61 Å². The molecule has 1 aromatic heterocycles. The molecule has 2 aromatic rings. The predicted octanol–water partition coefficient (Wildman–Crippen LogP) is 2.98. The van der Waals surface area contributed by atoms with Gasteiger partial charge in [-0.3, -0.25) is 10.1 Å². The minimum atomic E-state index is -0.907. The molecule has 106 valence electrons. The lowest BCUT2D eigenvalue weighted by molar-refractivity contribution is -0.386. The van der Waals surface area contributed by atoms with Gasteiger partial charge in [0.2, 0.25) is 5.75 Å². The monoisotopic (exact) mass is 342 g/mol. The second-order valence-electron chi connectivity index (χ2n) is 4.04. The zero-order valence-corrected chi connectivity index (χ0v) is 12.0. The Kier molecular flexibility index (Phi) is 4.35. The Morgan fingerprint density at radius 2 is 2.35 bits per heavy atom. The molecule has 0 saturated heterocycles. The number of hydrogen-bond acceptors (Lipinski definition) is 6. The molecule has 1 atom stereocenters. The number of benzene rings is 1. The van der Waals surface area contributed by atoms with Crippen molar-refractivity contribution in [3.8, 4) is 5.75 Å². The van der Waals surface area contributed by atoms with E-state index in [-0.39, 0.29) is 18.0 Å². The van der Waals surface area contributed by atoms with Crippen molar-refractivity contribution in [1.29, 1.82) is 0 Å². The second-order valence-corrected chi connectivity index (χ2v) is 4.96. The van der Waals surface area contributed by atoms with Gasteiger partial charge in [0.15, 0.2) is 5.76 Å². The van der Waals surface area contributed by atoms with Gasteiger partial charge in [-0.1, -0.05) is 21.1 Å². The van der Waals surface area contributed by atoms with Crippen molar-refractivity contribution >= 4 is 21.6 Å². The third kappa shape index (κ3) is 3.14. The van der Waals surface area contributed by atoms with Crippen LogP contribution in [0.2, 0.25) is 0 Å². The molecular formula is C12H11BrN2O5. The van der Waals surface area contributed by atoms with Crippen molar-refractivity contribution in [1.82, 2.24) is 5.16 Å². The fraction of sp³-hybridized carbons (Fsp3) is 0.250. The first kappa shape index (κ1) is 14.5. The SMILES string of the molecule is CC(O)c1cc(Br)cc([N+](=O)[O-])c1OCc1ccno1. The molecule has 0 spiro atoms. The normalized spacial score (nSPS) is 12.2. The van der Waals surface area contributed by atoms with E-state index in [0.717, 1.165) is 0 Å². The van der Waals surface area contributed by atoms with E-state index in [9.17, 15) is 15.2 Å². The van der Waals surface area contributed by atoms with Crippen molar-refractivity contribution in [3.05, 3.63) is 50.3 Å². The van der Waals surface area contributed by atoms with Crippen LogP contribution < -0.4 is 4.74 Å². The van der Waals surface area contributed by atoms with E-state index < -0.39 is 11.0 Å². The van der Waals surface area contributed by atoms with Gasteiger partial charge in [-0.15, -0.1) is 0 Å². The van der Waals surface area contributed by atoms with E-state index in [1.54, 1.807) is 12.1 Å². The summed E-state index contributed by atoms with van der Waals surface area (Å²) < 4.78 is 10.8. The average Bonchev–Trinajstić information content (AvgIpc) is 2.89. The van der Waals surface area contributed by atoms with Crippen LogP contribution in [0.4, 0.5) is 5.69 Å². The van der Waals surface area contributed by atoms with Gasteiger partial charge in [-0.25, -0.2) is 0 Å². The quantitative estimate of drug-likeness (QED) is 0.662. The van der Waals surface area contributed by atoms with Gasteiger partial charge in [0.25, 0.3) is 0 Å². The number of aromatic nitrogens is 1. The molecule has 0 bridgehead atoms. The van der Waals surface area contributed by atoms with Crippen LogP contribution >= 0.6 is 15.9 Å². The molecule has 7 nitrogen and oxygen atoms in total. The average molecular weight is 343 g/mol. The van der Waals surface area contributed by atoms with Gasteiger partial charge in [-0.05, 0) is 13.0 Å². The third-order valence-corrected chi connectivity index (χ3v) is 3.02. The predicted molar refractivity (Wildman–Crippen MR) is 72.3 cm³/mol. The maximum atomic E-state index is 11.1. The van der Waals surface area contributed by atoms with E-state index in [4.69, 9.17) is 9.26 Å².